The molecule has 0 bridgehead atoms. The van der Waals surface area contributed by atoms with Crippen molar-refractivity contribution in [2.75, 3.05) is 0 Å². The van der Waals surface area contributed by atoms with Crippen molar-refractivity contribution in [3.05, 3.63) is 0 Å². The second-order valence-corrected chi connectivity index (χ2v) is 6.30. The zero-order chi connectivity index (χ0) is 25.8. The summed E-state index contributed by atoms with van der Waals surface area (Å²) < 4.78 is 8.77. The standard InChI is InChI=1S/2C6H8O7.8Na.H3O4P.3H2O.H/c2*7-3(8)1-6(13,5(11)12)2-4(9)10;;;;;;;;;1-5(2,3)4;;;;/h2*13H,1-2H2,(H,7,8)(H,9,10)(H,11,12);;;;;;;;;(H3,1,2,3,4);3*1H2;/q;;;7*+1;;;;;/p-7. The molecule has 0 unspecified atom stereocenters. The summed E-state index contributed by atoms with van der Waals surface area (Å²) in [4.78, 5) is 82.9. The number of carbonyl (C=O) groups is 6. The Morgan fingerprint density at radius 2 is 0.595 bits per heavy atom. The van der Waals surface area contributed by atoms with Crippen molar-refractivity contribution in [2.45, 2.75) is 36.9 Å². The quantitative estimate of drug-likeness (QED) is 0.120. The summed E-state index contributed by atoms with van der Waals surface area (Å²) in [5.74, 6) is -12.0. The van der Waals surface area contributed by atoms with Crippen LogP contribution >= 0.6 is 7.82 Å². The van der Waals surface area contributed by atoms with E-state index in [4.69, 9.17) is 29.5 Å². The number of hydrogen-bond acceptors (Lipinski definition) is 16. The van der Waals surface area contributed by atoms with Crippen LogP contribution in [0.3, 0.4) is 0 Å². The molecule has 206 valence electrons. The Balaban J connectivity index is -0.0000000218. The molecule has 0 aliphatic heterocycles. The fourth-order valence-corrected chi connectivity index (χ4v) is 1.37. The maximum absolute atomic E-state index is 10.1. The van der Waals surface area contributed by atoms with Crippen molar-refractivity contribution in [3.63, 3.8) is 0 Å². The molecule has 0 radical (unpaired) electrons. The Kier molecular flexibility index (Phi) is 99.3. The summed E-state index contributed by atoms with van der Waals surface area (Å²) in [5, 5.41) is 77.9. The zero-order valence-corrected chi connectivity index (χ0v) is 38.2. The molecular formula is C12H19Na8O21P. The second kappa shape index (κ2) is 45.7. The number of carboxylic acids is 6. The van der Waals surface area contributed by atoms with Crippen LogP contribution in [0.1, 0.15) is 25.7 Å². The van der Waals surface area contributed by atoms with Gasteiger partial charge in [-0.2, -0.15) is 0 Å². The van der Waals surface area contributed by atoms with Crippen LogP contribution < -0.4 is 242 Å². The molecular weight excluding hydrogens is 695 g/mol. The third-order valence-electron chi connectivity index (χ3n) is 2.51. The molecule has 42 heavy (non-hydrogen) atoms. The average molecular weight is 714 g/mol. The SMILES string of the molecule is O.O.O.O=C([O-])CC(O)(CC(=O)[O-])C(=O)[O-].O=C([O-])CC(O)(CC(=O)[O-])C(=O)[O-].O=P([O-])(O)O.[Na+].[Na+].[Na+].[Na+].[Na+].[Na+].[Na+].[NaH]. The van der Waals surface area contributed by atoms with E-state index in [1.165, 1.54) is 0 Å². The van der Waals surface area contributed by atoms with E-state index in [1.54, 1.807) is 0 Å². The van der Waals surface area contributed by atoms with Crippen LogP contribution in [-0.4, -0.2) is 113 Å². The van der Waals surface area contributed by atoms with Gasteiger partial charge in [-0.05, 0) is 0 Å². The van der Waals surface area contributed by atoms with E-state index < -0.39 is 80.5 Å². The Morgan fingerprint density at radius 1 is 0.500 bits per heavy atom. The van der Waals surface area contributed by atoms with Gasteiger partial charge in [0.2, 0.25) is 0 Å². The van der Waals surface area contributed by atoms with Crippen LogP contribution in [-0.2, 0) is 33.3 Å². The van der Waals surface area contributed by atoms with Crippen LogP contribution in [0.15, 0.2) is 0 Å². The van der Waals surface area contributed by atoms with Gasteiger partial charge in [0, 0.05) is 49.6 Å². The average Bonchev–Trinajstić information content (AvgIpc) is 2.41. The molecule has 0 fully saturated rings. The molecule has 0 aromatic heterocycles. The van der Waals surface area contributed by atoms with Crippen molar-refractivity contribution in [1.29, 1.82) is 0 Å². The minimum atomic E-state index is -4.89. The summed E-state index contributed by atoms with van der Waals surface area (Å²) in [6.45, 7) is 0. The Morgan fingerprint density at radius 3 is 0.643 bits per heavy atom. The summed E-state index contributed by atoms with van der Waals surface area (Å²) in [7, 11) is -4.89. The Hall–Kier alpha value is 4.73. The summed E-state index contributed by atoms with van der Waals surface area (Å²) >= 11 is 0. The molecule has 0 aromatic carbocycles. The Labute approximate surface area is 414 Å². The summed E-state index contributed by atoms with van der Waals surface area (Å²) in [5.41, 5.74) is -5.95. The molecule has 0 rings (SSSR count). The normalized spacial score (nSPS) is 8.12. The van der Waals surface area contributed by atoms with Gasteiger partial charge in [-0.3, -0.25) is 4.57 Å². The van der Waals surface area contributed by atoms with Gasteiger partial charge in [0.05, 0.1) is 11.9 Å². The van der Waals surface area contributed by atoms with Crippen molar-refractivity contribution in [1.82, 2.24) is 0 Å². The summed E-state index contributed by atoms with van der Waals surface area (Å²) in [6, 6.07) is 0. The fourth-order valence-electron chi connectivity index (χ4n) is 1.37. The third kappa shape index (κ3) is 63.4. The van der Waals surface area contributed by atoms with E-state index in [0.29, 0.717) is 0 Å². The maximum atomic E-state index is 10.1. The first-order chi connectivity index (χ1) is 13.6. The van der Waals surface area contributed by atoms with E-state index >= 15 is 0 Å². The molecule has 10 N–H and O–H groups in total. The molecule has 0 aromatic rings. The molecule has 0 atom stereocenters. The first-order valence-electron chi connectivity index (χ1n) is 6.99. The van der Waals surface area contributed by atoms with Crippen molar-refractivity contribution >= 4 is 73.2 Å². The van der Waals surface area contributed by atoms with Gasteiger partial charge in [0.1, 0.15) is 11.2 Å². The molecule has 0 heterocycles. The number of aliphatic hydroxyl groups is 2. The fraction of sp³-hybridized carbons (Fsp3) is 0.500. The van der Waals surface area contributed by atoms with Crippen LogP contribution in [0.4, 0.5) is 0 Å². The van der Waals surface area contributed by atoms with Crippen LogP contribution in [0.25, 0.3) is 0 Å². The molecule has 0 aliphatic carbocycles. The van der Waals surface area contributed by atoms with Gasteiger partial charge in [-0.1, -0.05) is 0 Å². The number of aliphatic carboxylic acids is 6. The van der Waals surface area contributed by atoms with Gasteiger partial charge in [-0.15, -0.1) is 0 Å². The van der Waals surface area contributed by atoms with Crippen molar-refractivity contribution in [2.24, 2.45) is 0 Å². The van der Waals surface area contributed by atoms with Gasteiger partial charge in [-0.25, -0.2) is 0 Å². The Bertz CT molecular complexity index is 673. The number of phosphoric acid groups is 1. The van der Waals surface area contributed by atoms with Gasteiger partial charge < -0.3 is 101 Å². The van der Waals surface area contributed by atoms with Gasteiger partial charge >= 0.3 is 236 Å². The predicted molar refractivity (Wildman–Crippen MR) is 88.4 cm³/mol. The first kappa shape index (κ1) is 91.2. The number of carboxylic acid groups (broad SMARTS) is 6. The van der Waals surface area contributed by atoms with E-state index in [2.05, 4.69) is 0 Å². The van der Waals surface area contributed by atoms with Gasteiger partial charge in [0.25, 0.3) is 7.82 Å². The van der Waals surface area contributed by atoms with E-state index in [-0.39, 0.29) is 253 Å². The zero-order valence-electron chi connectivity index (χ0n) is 23.3. The van der Waals surface area contributed by atoms with Crippen molar-refractivity contribution in [3.8, 4) is 0 Å². The second-order valence-electron chi connectivity index (χ2n) is 5.32. The van der Waals surface area contributed by atoms with Crippen LogP contribution in [0, 0.1) is 0 Å². The number of rotatable bonds is 10. The number of carbonyl (C=O) groups excluding carboxylic acids is 6. The molecule has 21 nitrogen and oxygen atoms in total. The van der Waals surface area contributed by atoms with E-state index in [9.17, 15) is 59.4 Å². The molecule has 0 saturated carbocycles. The minimum absolute atomic E-state index is 0. The molecule has 0 amide bonds. The summed E-state index contributed by atoms with van der Waals surface area (Å²) in [6.07, 6.45) is -5.43. The predicted octanol–water partition coefficient (Wildman–Crippen LogP) is -36.2. The van der Waals surface area contributed by atoms with E-state index in [1.807, 2.05) is 0 Å². The van der Waals surface area contributed by atoms with Gasteiger partial charge in [0.15, 0.2) is 0 Å². The van der Waals surface area contributed by atoms with Crippen molar-refractivity contribution < 1.29 is 312 Å². The van der Waals surface area contributed by atoms with Crippen LogP contribution in [0.2, 0.25) is 0 Å². The first-order valence-corrected chi connectivity index (χ1v) is 8.52. The molecule has 0 saturated heterocycles. The molecule has 0 spiro atoms. The number of hydrogen-bond donors (Lipinski definition) is 4. The monoisotopic (exact) mass is 714 g/mol. The van der Waals surface area contributed by atoms with E-state index in [0.717, 1.165) is 0 Å². The van der Waals surface area contributed by atoms with Crippen LogP contribution in [0.5, 0.6) is 0 Å². The molecule has 0 aliphatic rings. The third-order valence-corrected chi connectivity index (χ3v) is 2.51. The topological polar surface area (TPSA) is 456 Å². The molecule has 30 heteroatoms.